The average Bonchev–Trinajstić information content (AvgIpc) is 3.19. The Balaban J connectivity index is 1.24. The van der Waals surface area contributed by atoms with Crippen LogP contribution in [0.3, 0.4) is 0 Å². The highest BCUT2D eigenvalue weighted by Gasteiger charge is 2.67. The SMILES string of the molecule is C=C(C=CC(=O)OC)C1CCC2(O)C3CCC4CC(OC(=O)CN5CCCCC5)CCC4(C)C3CCC12C. The van der Waals surface area contributed by atoms with Gasteiger partial charge in [0, 0.05) is 11.5 Å². The molecule has 0 radical (unpaired) electrons. The zero-order valence-electron chi connectivity index (χ0n) is 23.9. The van der Waals surface area contributed by atoms with Gasteiger partial charge in [-0.3, -0.25) is 9.69 Å². The van der Waals surface area contributed by atoms with Crippen LogP contribution in [0, 0.1) is 34.5 Å². The molecule has 8 atom stereocenters. The van der Waals surface area contributed by atoms with Crippen molar-refractivity contribution in [3.8, 4) is 0 Å². The van der Waals surface area contributed by atoms with E-state index < -0.39 is 5.60 Å². The maximum absolute atomic E-state index is 12.7. The van der Waals surface area contributed by atoms with Gasteiger partial charge in [-0.1, -0.05) is 38.5 Å². The van der Waals surface area contributed by atoms with E-state index in [2.05, 4.69) is 25.3 Å². The lowest BCUT2D eigenvalue weighted by atomic mass is 9.43. The Morgan fingerprint density at radius 1 is 0.974 bits per heavy atom. The summed E-state index contributed by atoms with van der Waals surface area (Å²) >= 11 is 0. The zero-order chi connectivity index (χ0) is 27.1. The summed E-state index contributed by atoms with van der Waals surface area (Å²) < 4.78 is 10.8. The number of carbonyl (C=O) groups is 2. The molecule has 1 N–H and O–H groups in total. The Morgan fingerprint density at radius 3 is 2.47 bits per heavy atom. The Morgan fingerprint density at radius 2 is 1.74 bits per heavy atom. The van der Waals surface area contributed by atoms with Crippen molar-refractivity contribution in [1.82, 2.24) is 4.90 Å². The standard InChI is InChI=1S/C32H49NO5/c1-22(8-11-28(34)37-4)25-14-17-32(36)27-10-9-23-20-24(38-29(35)21-33-18-6-5-7-19-33)12-15-30(23,2)26(27)13-16-31(25,32)3/h8,11,23-27,36H,1,5-7,9-10,12-21H2,2-4H3. The molecule has 0 bridgehead atoms. The number of aliphatic hydroxyl groups is 1. The first kappa shape index (κ1) is 27.9. The third-order valence-corrected chi connectivity index (χ3v) is 12.0. The van der Waals surface area contributed by atoms with Crippen LogP contribution in [0.5, 0.6) is 0 Å². The molecule has 38 heavy (non-hydrogen) atoms. The van der Waals surface area contributed by atoms with Crippen LogP contribution in [0.1, 0.15) is 90.9 Å². The van der Waals surface area contributed by atoms with Crippen LogP contribution in [0.25, 0.3) is 0 Å². The molecule has 1 aliphatic heterocycles. The summed E-state index contributed by atoms with van der Waals surface area (Å²) in [6.45, 7) is 11.5. The quantitative estimate of drug-likeness (QED) is 0.282. The number of esters is 2. The smallest absolute Gasteiger partial charge is 0.330 e. The van der Waals surface area contributed by atoms with Crippen molar-refractivity contribution >= 4 is 11.9 Å². The van der Waals surface area contributed by atoms with E-state index in [1.807, 2.05) is 0 Å². The van der Waals surface area contributed by atoms with Gasteiger partial charge in [-0.15, -0.1) is 0 Å². The maximum atomic E-state index is 12.7. The first-order valence-electron chi connectivity index (χ1n) is 15.2. The van der Waals surface area contributed by atoms with Gasteiger partial charge in [0.15, 0.2) is 0 Å². The number of nitrogens with zero attached hydrogens (tertiary/aromatic N) is 1. The van der Waals surface area contributed by atoms with Gasteiger partial charge in [-0.25, -0.2) is 4.79 Å². The number of rotatable bonds is 6. The third-order valence-electron chi connectivity index (χ3n) is 12.0. The fourth-order valence-electron chi connectivity index (χ4n) is 9.77. The van der Waals surface area contributed by atoms with Gasteiger partial charge in [0.1, 0.15) is 6.10 Å². The van der Waals surface area contributed by atoms with E-state index in [-0.39, 0.29) is 34.8 Å². The van der Waals surface area contributed by atoms with E-state index in [0.717, 1.165) is 76.5 Å². The molecule has 0 spiro atoms. The zero-order valence-corrected chi connectivity index (χ0v) is 23.9. The number of ether oxygens (including phenoxy) is 2. The van der Waals surface area contributed by atoms with E-state index in [0.29, 0.717) is 24.3 Å². The Labute approximate surface area is 229 Å². The average molecular weight is 528 g/mol. The normalized spacial score (nSPS) is 43.1. The lowest BCUT2D eigenvalue weighted by Crippen LogP contribution is -2.62. The summed E-state index contributed by atoms with van der Waals surface area (Å²) in [7, 11) is 1.39. The van der Waals surface area contributed by atoms with Crippen LogP contribution in [0.15, 0.2) is 24.3 Å². The highest BCUT2D eigenvalue weighted by atomic mass is 16.5. The predicted molar refractivity (Wildman–Crippen MR) is 147 cm³/mol. The molecule has 6 nitrogen and oxygen atoms in total. The van der Waals surface area contributed by atoms with Gasteiger partial charge >= 0.3 is 11.9 Å². The van der Waals surface area contributed by atoms with Crippen molar-refractivity contribution < 1.29 is 24.2 Å². The Hall–Kier alpha value is -1.66. The number of fused-ring (bicyclic) bond motifs is 5. The Bertz CT molecular complexity index is 955. The lowest BCUT2D eigenvalue weighted by Gasteiger charge is -2.63. The number of methoxy groups -OCH3 is 1. The summed E-state index contributed by atoms with van der Waals surface area (Å²) in [4.78, 5) is 26.6. The van der Waals surface area contributed by atoms with Crippen molar-refractivity contribution in [3.63, 3.8) is 0 Å². The molecule has 0 aromatic carbocycles. The fourth-order valence-corrected chi connectivity index (χ4v) is 9.77. The highest BCUT2D eigenvalue weighted by Crippen LogP contribution is 2.69. The third kappa shape index (κ3) is 4.78. The number of hydrogen-bond acceptors (Lipinski definition) is 6. The van der Waals surface area contributed by atoms with E-state index in [9.17, 15) is 14.7 Å². The molecule has 4 saturated carbocycles. The number of hydrogen-bond donors (Lipinski definition) is 1. The summed E-state index contributed by atoms with van der Waals surface area (Å²) in [5.74, 6) is 1.11. The van der Waals surface area contributed by atoms with Crippen LogP contribution in [-0.4, -0.2) is 60.4 Å². The topological polar surface area (TPSA) is 76.1 Å². The number of carbonyl (C=O) groups excluding carboxylic acids is 2. The monoisotopic (exact) mass is 527 g/mol. The minimum Gasteiger partial charge on any atom is -0.466 e. The molecule has 6 heteroatoms. The summed E-state index contributed by atoms with van der Waals surface area (Å²) in [5, 5.41) is 12.4. The highest BCUT2D eigenvalue weighted by molar-refractivity contribution is 5.82. The molecule has 5 fully saturated rings. The molecule has 8 unspecified atom stereocenters. The van der Waals surface area contributed by atoms with Crippen molar-refractivity contribution in [2.24, 2.45) is 34.5 Å². The molecule has 1 heterocycles. The van der Waals surface area contributed by atoms with Crippen molar-refractivity contribution in [3.05, 3.63) is 24.3 Å². The van der Waals surface area contributed by atoms with Gasteiger partial charge in [-0.2, -0.15) is 0 Å². The largest absolute Gasteiger partial charge is 0.466 e. The molecule has 5 aliphatic rings. The second-order valence-electron chi connectivity index (χ2n) is 13.6. The fraction of sp³-hybridized carbons (Fsp3) is 0.812. The van der Waals surface area contributed by atoms with Crippen molar-refractivity contribution in [2.45, 2.75) is 103 Å². The molecule has 1 saturated heterocycles. The predicted octanol–water partition coefficient (Wildman–Crippen LogP) is 5.44. The van der Waals surface area contributed by atoms with E-state index in [1.165, 1.54) is 32.4 Å². The van der Waals surface area contributed by atoms with Crippen molar-refractivity contribution in [2.75, 3.05) is 26.7 Å². The molecule has 4 aliphatic carbocycles. The summed E-state index contributed by atoms with van der Waals surface area (Å²) in [6, 6.07) is 0. The van der Waals surface area contributed by atoms with Gasteiger partial charge < -0.3 is 14.6 Å². The minimum atomic E-state index is -0.700. The second-order valence-corrected chi connectivity index (χ2v) is 13.6. The summed E-state index contributed by atoms with van der Waals surface area (Å²) in [6.07, 6.45) is 15.9. The van der Waals surface area contributed by atoms with E-state index in [4.69, 9.17) is 9.47 Å². The first-order valence-corrected chi connectivity index (χ1v) is 15.2. The van der Waals surface area contributed by atoms with Gasteiger partial charge in [0.25, 0.3) is 0 Å². The molecular weight excluding hydrogens is 478 g/mol. The Kier molecular flexibility index (Phi) is 7.87. The molecular formula is C32H49NO5. The summed E-state index contributed by atoms with van der Waals surface area (Å²) in [5.41, 5.74) is 0.194. The van der Waals surface area contributed by atoms with Crippen molar-refractivity contribution in [1.29, 1.82) is 0 Å². The molecule has 212 valence electrons. The minimum absolute atomic E-state index is 0.0413. The number of piperidine rings is 1. The molecule has 0 amide bonds. The lowest BCUT2D eigenvalue weighted by molar-refractivity contribution is -0.209. The van der Waals surface area contributed by atoms with Crippen LogP contribution in [-0.2, 0) is 19.1 Å². The van der Waals surface area contributed by atoms with Gasteiger partial charge in [0.2, 0.25) is 0 Å². The second kappa shape index (κ2) is 10.7. The molecule has 5 rings (SSSR count). The number of likely N-dealkylation sites (tertiary alicyclic amines) is 1. The van der Waals surface area contributed by atoms with Crippen LogP contribution >= 0.6 is 0 Å². The van der Waals surface area contributed by atoms with E-state index in [1.54, 1.807) is 6.08 Å². The number of allylic oxidation sites excluding steroid dienone is 2. The molecule has 0 aromatic heterocycles. The van der Waals surface area contributed by atoms with Gasteiger partial charge in [-0.05, 0) is 113 Å². The van der Waals surface area contributed by atoms with Crippen LogP contribution in [0.2, 0.25) is 0 Å². The molecule has 0 aromatic rings. The van der Waals surface area contributed by atoms with Gasteiger partial charge in [0.05, 0.1) is 19.3 Å². The first-order chi connectivity index (χ1) is 18.1. The van der Waals surface area contributed by atoms with Crippen LogP contribution in [0.4, 0.5) is 0 Å². The van der Waals surface area contributed by atoms with E-state index >= 15 is 0 Å². The van der Waals surface area contributed by atoms with Crippen LogP contribution < -0.4 is 0 Å². The maximum Gasteiger partial charge on any atom is 0.330 e.